The molecule has 1 aromatic rings. The third kappa shape index (κ3) is 3.49. The topological polar surface area (TPSA) is 15.3 Å². The molecule has 0 aromatic heterocycles. The molecule has 0 unspecified atom stereocenters. The van der Waals surface area contributed by atoms with Gasteiger partial charge in [0, 0.05) is 25.3 Å². The summed E-state index contributed by atoms with van der Waals surface area (Å²) < 4.78 is 0. The SMILES string of the molecule is CC(C)(C)c1ccc(N2CCCCNCC2)cc1. The summed E-state index contributed by atoms with van der Waals surface area (Å²) in [4.78, 5) is 2.50. The highest BCUT2D eigenvalue weighted by atomic mass is 15.1. The second kappa shape index (κ2) is 5.75. The summed E-state index contributed by atoms with van der Waals surface area (Å²) in [7, 11) is 0. The first-order chi connectivity index (χ1) is 8.57. The Morgan fingerprint density at radius 1 is 0.944 bits per heavy atom. The van der Waals surface area contributed by atoms with Crippen molar-refractivity contribution in [3.8, 4) is 0 Å². The molecule has 2 rings (SSSR count). The Hall–Kier alpha value is -1.02. The van der Waals surface area contributed by atoms with Crippen molar-refractivity contribution in [1.82, 2.24) is 5.32 Å². The Morgan fingerprint density at radius 2 is 1.67 bits per heavy atom. The van der Waals surface area contributed by atoms with Crippen molar-refractivity contribution in [3.63, 3.8) is 0 Å². The maximum atomic E-state index is 3.48. The van der Waals surface area contributed by atoms with Crippen LogP contribution in [0.3, 0.4) is 0 Å². The van der Waals surface area contributed by atoms with E-state index in [4.69, 9.17) is 0 Å². The standard InChI is InChI=1S/C16H26N2/c1-16(2,3)14-6-8-15(9-7-14)18-12-5-4-10-17-11-13-18/h6-9,17H,4-5,10-13H2,1-3H3. The summed E-state index contributed by atoms with van der Waals surface area (Å²) in [6.45, 7) is 11.4. The Morgan fingerprint density at radius 3 is 2.33 bits per heavy atom. The predicted octanol–water partition coefficient (Wildman–Crippen LogP) is 3.17. The van der Waals surface area contributed by atoms with Crippen molar-refractivity contribution < 1.29 is 0 Å². The zero-order valence-corrected chi connectivity index (χ0v) is 12.0. The molecule has 1 aliphatic heterocycles. The fourth-order valence-electron chi connectivity index (χ4n) is 2.43. The van der Waals surface area contributed by atoms with Crippen LogP contribution < -0.4 is 10.2 Å². The largest absolute Gasteiger partial charge is 0.370 e. The van der Waals surface area contributed by atoms with Gasteiger partial charge in [-0.2, -0.15) is 0 Å². The van der Waals surface area contributed by atoms with Crippen LogP contribution in [0.25, 0.3) is 0 Å². The Labute approximate surface area is 111 Å². The number of benzene rings is 1. The smallest absolute Gasteiger partial charge is 0.0366 e. The first-order valence-electron chi connectivity index (χ1n) is 7.13. The van der Waals surface area contributed by atoms with E-state index in [1.807, 2.05) is 0 Å². The van der Waals surface area contributed by atoms with Gasteiger partial charge in [-0.05, 0) is 42.5 Å². The van der Waals surface area contributed by atoms with Gasteiger partial charge < -0.3 is 10.2 Å². The number of nitrogens with one attached hydrogen (secondary N) is 1. The van der Waals surface area contributed by atoms with Crippen molar-refractivity contribution >= 4 is 5.69 Å². The molecule has 0 bridgehead atoms. The van der Waals surface area contributed by atoms with Crippen LogP contribution in [0.15, 0.2) is 24.3 Å². The zero-order valence-electron chi connectivity index (χ0n) is 12.0. The van der Waals surface area contributed by atoms with E-state index in [0.717, 1.165) is 13.1 Å². The van der Waals surface area contributed by atoms with E-state index < -0.39 is 0 Å². The summed E-state index contributed by atoms with van der Waals surface area (Å²) >= 11 is 0. The number of anilines is 1. The van der Waals surface area contributed by atoms with Crippen molar-refractivity contribution in [2.75, 3.05) is 31.1 Å². The van der Waals surface area contributed by atoms with Crippen LogP contribution in [0.2, 0.25) is 0 Å². The summed E-state index contributed by atoms with van der Waals surface area (Å²) in [5.74, 6) is 0. The lowest BCUT2D eigenvalue weighted by Crippen LogP contribution is -2.36. The second-order valence-corrected chi connectivity index (χ2v) is 6.24. The van der Waals surface area contributed by atoms with Gasteiger partial charge in [-0.3, -0.25) is 0 Å². The minimum absolute atomic E-state index is 0.246. The number of rotatable bonds is 1. The molecule has 0 atom stereocenters. The molecule has 0 aliphatic carbocycles. The van der Waals surface area contributed by atoms with Crippen LogP contribution in [0.5, 0.6) is 0 Å². The van der Waals surface area contributed by atoms with Crippen LogP contribution >= 0.6 is 0 Å². The lowest BCUT2D eigenvalue weighted by molar-refractivity contribution is 0.566. The molecule has 0 amide bonds. The van der Waals surface area contributed by atoms with Crippen LogP contribution in [-0.4, -0.2) is 26.2 Å². The van der Waals surface area contributed by atoms with Crippen molar-refractivity contribution in [3.05, 3.63) is 29.8 Å². The zero-order chi connectivity index (χ0) is 13.0. The Kier molecular flexibility index (Phi) is 4.28. The van der Waals surface area contributed by atoms with Gasteiger partial charge in [-0.15, -0.1) is 0 Å². The summed E-state index contributed by atoms with van der Waals surface area (Å²) in [5.41, 5.74) is 3.03. The van der Waals surface area contributed by atoms with E-state index in [-0.39, 0.29) is 5.41 Å². The van der Waals surface area contributed by atoms with E-state index in [9.17, 15) is 0 Å². The minimum atomic E-state index is 0.246. The van der Waals surface area contributed by atoms with Crippen LogP contribution in [0.4, 0.5) is 5.69 Å². The molecule has 1 aromatic carbocycles. The molecule has 1 N–H and O–H groups in total. The molecule has 2 nitrogen and oxygen atoms in total. The third-order valence-electron chi connectivity index (χ3n) is 3.69. The highest BCUT2D eigenvalue weighted by Crippen LogP contribution is 2.25. The lowest BCUT2D eigenvalue weighted by atomic mass is 9.87. The van der Waals surface area contributed by atoms with Gasteiger partial charge in [0.15, 0.2) is 0 Å². The third-order valence-corrected chi connectivity index (χ3v) is 3.69. The van der Waals surface area contributed by atoms with Gasteiger partial charge in [0.1, 0.15) is 0 Å². The maximum absolute atomic E-state index is 3.48. The first kappa shape index (κ1) is 13.4. The van der Waals surface area contributed by atoms with Crippen molar-refractivity contribution in [1.29, 1.82) is 0 Å². The molecule has 2 heteroatoms. The molecule has 0 spiro atoms. The van der Waals surface area contributed by atoms with Crippen molar-refractivity contribution in [2.45, 2.75) is 39.0 Å². The normalized spacial score (nSPS) is 18.3. The maximum Gasteiger partial charge on any atom is 0.0366 e. The van der Waals surface area contributed by atoms with Crippen LogP contribution in [-0.2, 0) is 5.41 Å². The molecule has 1 aliphatic rings. The Bertz CT molecular complexity index is 354. The molecule has 1 fully saturated rings. The lowest BCUT2D eigenvalue weighted by Gasteiger charge is -2.28. The molecule has 1 saturated heterocycles. The van der Waals surface area contributed by atoms with Gasteiger partial charge >= 0.3 is 0 Å². The molecular weight excluding hydrogens is 220 g/mol. The quantitative estimate of drug-likeness (QED) is 0.819. The molecule has 100 valence electrons. The van der Waals surface area contributed by atoms with E-state index in [0.29, 0.717) is 0 Å². The van der Waals surface area contributed by atoms with Gasteiger partial charge in [0.25, 0.3) is 0 Å². The van der Waals surface area contributed by atoms with E-state index in [1.54, 1.807) is 0 Å². The van der Waals surface area contributed by atoms with Gasteiger partial charge in [-0.25, -0.2) is 0 Å². The highest BCUT2D eigenvalue weighted by Gasteiger charge is 2.14. The number of hydrogen-bond acceptors (Lipinski definition) is 2. The average Bonchev–Trinajstić information content (AvgIpc) is 2.27. The summed E-state index contributed by atoms with van der Waals surface area (Å²) in [5, 5.41) is 3.48. The van der Waals surface area contributed by atoms with E-state index in [1.165, 1.54) is 37.2 Å². The Balaban J connectivity index is 2.07. The van der Waals surface area contributed by atoms with E-state index >= 15 is 0 Å². The molecule has 1 heterocycles. The molecule has 0 radical (unpaired) electrons. The summed E-state index contributed by atoms with van der Waals surface area (Å²) in [6.07, 6.45) is 2.57. The second-order valence-electron chi connectivity index (χ2n) is 6.24. The number of nitrogens with zero attached hydrogens (tertiary/aromatic N) is 1. The predicted molar refractivity (Wildman–Crippen MR) is 79.5 cm³/mol. The van der Waals surface area contributed by atoms with Crippen molar-refractivity contribution in [2.24, 2.45) is 0 Å². The fraction of sp³-hybridized carbons (Fsp3) is 0.625. The average molecular weight is 246 g/mol. The minimum Gasteiger partial charge on any atom is -0.370 e. The van der Waals surface area contributed by atoms with Crippen LogP contribution in [0.1, 0.15) is 39.2 Å². The molecule has 0 saturated carbocycles. The summed E-state index contributed by atoms with van der Waals surface area (Å²) in [6, 6.07) is 9.12. The molecular formula is C16H26N2. The highest BCUT2D eigenvalue weighted by molar-refractivity contribution is 5.48. The van der Waals surface area contributed by atoms with Crippen LogP contribution in [0, 0.1) is 0 Å². The fourth-order valence-corrected chi connectivity index (χ4v) is 2.43. The first-order valence-corrected chi connectivity index (χ1v) is 7.13. The van der Waals surface area contributed by atoms with E-state index in [2.05, 4.69) is 55.3 Å². The number of hydrogen-bond donors (Lipinski definition) is 1. The monoisotopic (exact) mass is 246 g/mol. The molecule has 18 heavy (non-hydrogen) atoms. The van der Waals surface area contributed by atoms with Gasteiger partial charge in [0.2, 0.25) is 0 Å². The van der Waals surface area contributed by atoms with Gasteiger partial charge in [0.05, 0.1) is 0 Å². The van der Waals surface area contributed by atoms with Gasteiger partial charge in [-0.1, -0.05) is 32.9 Å².